The molecule has 2 heterocycles. The van der Waals surface area contributed by atoms with Crippen LogP contribution >= 0.6 is 15.9 Å². The van der Waals surface area contributed by atoms with Crippen molar-refractivity contribution in [3.8, 4) is 0 Å². The molecule has 0 bridgehead atoms. The lowest BCUT2D eigenvalue weighted by atomic mass is 10.3. The van der Waals surface area contributed by atoms with E-state index in [2.05, 4.69) is 31.2 Å². The Balaban J connectivity index is 1.88. The number of hydrogen-bond donors (Lipinski definition) is 1. The molecule has 1 N–H and O–H groups in total. The second kappa shape index (κ2) is 4.88. The molecule has 0 aromatic carbocycles. The second-order valence-corrected chi connectivity index (χ2v) is 5.31. The van der Waals surface area contributed by atoms with Crippen LogP contribution in [0.2, 0.25) is 0 Å². The van der Waals surface area contributed by atoms with Gasteiger partial charge in [0.25, 0.3) is 0 Å². The Morgan fingerprint density at radius 2 is 2.35 bits per heavy atom. The zero-order valence-corrected chi connectivity index (χ0v) is 11.7. The highest BCUT2D eigenvalue weighted by molar-refractivity contribution is 9.10. The summed E-state index contributed by atoms with van der Waals surface area (Å²) in [6, 6.07) is 0. The van der Waals surface area contributed by atoms with E-state index in [0.29, 0.717) is 19.1 Å². The van der Waals surface area contributed by atoms with Crippen LogP contribution in [0.15, 0.2) is 10.7 Å². The Morgan fingerprint density at radius 1 is 1.59 bits per heavy atom. The van der Waals surface area contributed by atoms with Gasteiger partial charge in [0.05, 0.1) is 16.8 Å². The molecule has 94 valence electrons. The molecule has 0 saturated carbocycles. The number of halogens is 1. The molecule has 1 aromatic heterocycles. The molecule has 0 unspecified atom stereocenters. The summed E-state index contributed by atoms with van der Waals surface area (Å²) in [5.74, 6) is 0.127. The molecule has 17 heavy (non-hydrogen) atoms. The van der Waals surface area contributed by atoms with E-state index >= 15 is 0 Å². The third-order valence-corrected chi connectivity index (χ3v) is 3.25. The molecule has 1 fully saturated rings. The normalized spacial score (nSPS) is 22.7. The van der Waals surface area contributed by atoms with Crippen molar-refractivity contribution in [2.24, 2.45) is 0 Å². The average molecular weight is 302 g/mol. The Labute approximate surface area is 109 Å². The van der Waals surface area contributed by atoms with Crippen LogP contribution in [-0.4, -0.2) is 35.0 Å². The molecule has 2 rings (SSSR count). The van der Waals surface area contributed by atoms with Gasteiger partial charge in [-0.05, 0) is 36.7 Å². The first kappa shape index (κ1) is 12.7. The molecule has 6 heteroatoms. The summed E-state index contributed by atoms with van der Waals surface area (Å²) < 4.78 is 12.1. The van der Waals surface area contributed by atoms with Crippen molar-refractivity contribution in [1.29, 1.82) is 0 Å². The molecule has 1 atom stereocenters. The SMILES string of the molecule is Cc1nc(NC[C@@H]2COC(C)(C)O2)ncc1Br. The Bertz CT molecular complexity index is 412. The van der Waals surface area contributed by atoms with E-state index in [0.717, 1.165) is 10.2 Å². The van der Waals surface area contributed by atoms with E-state index in [1.165, 1.54) is 0 Å². The molecule has 0 spiro atoms. The first-order valence-corrected chi connectivity index (χ1v) is 6.30. The topological polar surface area (TPSA) is 56.3 Å². The maximum absolute atomic E-state index is 5.67. The predicted octanol–water partition coefficient (Wildman–Crippen LogP) is 2.11. The van der Waals surface area contributed by atoms with Gasteiger partial charge < -0.3 is 14.8 Å². The fourth-order valence-electron chi connectivity index (χ4n) is 1.61. The first-order chi connectivity index (χ1) is 7.96. The van der Waals surface area contributed by atoms with Crippen LogP contribution in [0.25, 0.3) is 0 Å². The zero-order chi connectivity index (χ0) is 12.5. The molecular formula is C11H16BrN3O2. The van der Waals surface area contributed by atoms with Crippen molar-refractivity contribution < 1.29 is 9.47 Å². The van der Waals surface area contributed by atoms with Gasteiger partial charge in [0, 0.05) is 12.7 Å². The van der Waals surface area contributed by atoms with Gasteiger partial charge in [-0.3, -0.25) is 0 Å². The standard InChI is InChI=1S/C11H16BrN3O2/c1-7-9(12)5-14-10(15-7)13-4-8-6-16-11(2,3)17-8/h5,8H,4,6H2,1-3H3,(H,13,14,15)/t8-/m1/s1. The smallest absolute Gasteiger partial charge is 0.223 e. The number of nitrogens with one attached hydrogen (secondary N) is 1. The summed E-state index contributed by atoms with van der Waals surface area (Å²) in [7, 11) is 0. The van der Waals surface area contributed by atoms with E-state index in [9.17, 15) is 0 Å². The van der Waals surface area contributed by atoms with E-state index in [4.69, 9.17) is 9.47 Å². The van der Waals surface area contributed by atoms with Gasteiger partial charge in [0.2, 0.25) is 5.95 Å². The van der Waals surface area contributed by atoms with Gasteiger partial charge in [0.15, 0.2) is 5.79 Å². The van der Waals surface area contributed by atoms with Gasteiger partial charge in [-0.2, -0.15) is 0 Å². The number of anilines is 1. The van der Waals surface area contributed by atoms with Crippen LogP contribution in [-0.2, 0) is 9.47 Å². The molecule has 0 aliphatic carbocycles. The van der Waals surface area contributed by atoms with E-state index in [-0.39, 0.29) is 6.10 Å². The van der Waals surface area contributed by atoms with Gasteiger partial charge in [-0.1, -0.05) is 0 Å². The maximum Gasteiger partial charge on any atom is 0.223 e. The lowest BCUT2D eigenvalue weighted by molar-refractivity contribution is -0.136. The van der Waals surface area contributed by atoms with Crippen LogP contribution in [0.1, 0.15) is 19.5 Å². The number of rotatable bonds is 3. The van der Waals surface area contributed by atoms with Gasteiger partial charge in [-0.25, -0.2) is 9.97 Å². The Hall–Kier alpha value is -0.720. The van der Waals surface area contributed by atoms with Crippen molar-refractivity contribution in [3.05, 3.63) is 16.4 Å². The largest absolute Gasteiger partial charge is 0.352 e. The fraction of sp³-hybridized carbons (Fsp3) is 0.636. The lowest BCUT2D eigenvalue weighted by Crippen LogP contribution is -2.26. The van der Waals surface area contributed by atoms with E-state index in [1.54, 1.807) is 6.20 Å². The van der Waals surface area contributed by atoms with E-state index < -0.39 is 5.79 Å². The second-order valence-electron chi connectivity index (χ2n) is 4.46. The molecule has 1 aliphatic heterocycles. The summed E-state index contributed by atoms with van der Waals surface area (Å²) in [5.41, 5.74) is 0.909. The van der Waals surface area contributed by atoms with Crippen molar-refractivity contribution in [1.82, 2.24) is 9.97 Å². The quantitative estimate of drug-likeness (QED) is 0.927. The van der Waals surface area contributed by atoms with Crippen LogP contribution in [0.3, 0.4) is 0 Å². The summed E-state index contributed by atoms with van der Waals surface area (Å²) in [5, 5.41) is 3.14. The molecule has 1 aliphatic rings. The summed E-state index contributed by atoms with van der Waals surface area (Å²) in [6.45, 7) is 6.98. The fourth-order valence-corrected chi connectivity index (χ4v) is 1.80. The highest BCUT2D eigenvalue weighted by Crippen LogP contribution is 2.22. The summed E-state index contributed by atoms with van der Waals surface area (Å²) in [6.07, 6.45) is 1.78. The highest BCUT2D eigenvalue weighted by atomic mass is 79.9. The molecule has 1 saturated heterocycles. The monoisotopic (exact) mass is 301 g/mol. The van der Waals surface area contributed by atoms with Gasteiger partial charge in [-0.15, -0.1) is 0 Å². The van der Waals surface area contributed by atoms with Crippen molar-refractivity contribution in [3.63, 3.8) is 0 Å². The number of aromatic nitrogens is 2. The average Bonchev–Trinajstić information content (AvgIpc) is 2.60. The third-order valence-electron chi connectivity index (χ3n) is 2.47. The highest BCUT2D eigenvalue weighted by Gasteiger charge is 2.32. The Kier molecular flexibility index (Phi) is 3.65. The minimum Gasteiger partial charge on any atom is -0.352 e. The summed E-state index contributed by atoms with van der Waals surface area (Å²) in [4.78, 5) is 8.48. The predicted molar refractivity (Wildman–Crippen MR) is 67.9 cm³/mol. The summed E-state index contributed by atoms with van der Waals surface area (Å²) >= 11 is 3.36. The van der Waals surface area contributed by atoms with Crippen molar-refractivity contribution >= 4 is 21.9 Å². The Morgan fingerprint density at radius 3 is 2.94 bits per heavy atom. The van der Waals surface area contributed by atoms with Gasteiger partial charge in [0.1, 0.15) is 6.10 Å². The number of aryl methyl sites for hydroxylation is 1. The van der Waals surface area contributed by atoms with Crippen LogP contribution < -0.4 is 5.32 Å². The third kappa shape index (κ3) is 3.37. The number of ether oxygens (including phenoxy) is 2. The number of hydrogen-bond acceptors (Lipinski definition) is 5. The molecule has 0 radical (unpaired) electrons. The van der Waals surface area contributed by atoms with Crippen molar-refractivity contribution in [2.75, 3.05) is 18.5 Å². The molecule has 5 nitrogen and oxygen atoms in total. The molecular weight excluding hydrogens is 286 g/mol. The molecule has 0 amide bonds. The van der Waals surface area contributed by atoms with Gasteiger partial charge >= 0.3 is 0 Å². The minimum absolute atomic E-state index is 0.0394. The van der Waals surface area contributed by atoms with E-state index in [1.807, 2.05) is 20.8 Å². The first-order valence-electron chi connectivity index (χ1n) is 5.51. The van der Waals surface area contributed by atoms with Crippen LogP contribution in [0.5, 0.6) is 0 Å². The zero-order valence-electron chi connectivity index (χ0n) is 10.2. The van der Waals surface area contributed by atoms with Crippen LogP contribution in [0.4, 0.5) is 5.95 Å². The molecule has 1 aromatic rings. The van der Waals surface area contributed by atoms with Crippen LogP contribution in [0, 0.1) is 6.92 Å². The number of nitrogens with zero attached hydrogens (tertiary/aromatic N) is 2. The van der Waals surface area contributed by atoms with Crippen molar-refractivity contribution in [2.45, 2.75) is 32.7 Å². The minimum atomic E-state index is -0.483. The maximum atomic E-state index is 5.67. The lowest BCUT2D eigenvalue weighted by Gasteiger charge is -2.17.